The van der Waals surface area contributed by atoms with Crippen LogP contribution < -0.4 is 16.0 Å². The van der Waals surface area contributed by atoms with Crippen molar-refractivity contribution < 1.29 is 18.5 Å². The number of fused-ring (bicyclic) bond motifs is 2. The van der Waals surface area contributed by atoms with Crippen LogP contribution in [0.25, 0.3) is 33.1 Å². The molecule has 2 aromatic heterocycles. The van der Waals surface area contributed by atoms with Crippen molar-refractivity contribution in [3.05, 3.63) is 115 Å². The molecule has 0 fully saturated rings. The number of nitro benzene ring substituents is 1. The smallest absolute Gasteiger partial charge is 0.344 e. The topological polar surface area (TPSA) is 113 Å². The zero-order valence-electron chi connectivity index (χ0n) is 17.9. The van der Waals surface area contributed by atoms with Crippen LogP contribution in [0.5, 0.6) is 5.75 Å². The molecule has 168 valence electrons. The van der Waals surface area contributed by atoms with Gasteiger partial charge < -0.3 is 13.6 Å². The lowest BCUT2D eigenvalue weighted by molar-refractivity contribution is -0.384. The van der Waals surface area contributed by atoms with Gasteiger partial charge in [0.2, 0.25) is 0 Å². The summed E-state index contributed by atoms with van der Waals surface area (Å²) in [6, 6.07) is 19.6. The minimum atomic E-state index is -0.606. The van der Waals surface area contributed by atoms with Gasteiger partial charge in [-0.2, -0.15) is 0 Å². The monoisotopic (exact) mass is 455 g/mol. The van der Waals surface area contributed by atoms with Gasteiger partial charge in [0, 0.05) is 40.1 Å². The zero-order valence-corrected chi connectivity index (χ0v) is 17.9. The molecule has 0 aliphatic rings. The summed E-state index contributed by atoms with van der Waals surface area (Å²) < 4.78 is 16.8. The van der Waals surface area contributed by atoms with E-state index < -0.39 is 16.2 Å². The number of nitro groups is 1. The molecule has 0 radical (unpaired) electrons. The van der Waals surface area contributed by atoms with E-state index in [0.717, 1.165) is 10.9 Å². The largest absolute Gasteiger partial charge is 0.488 e. The molecular formula is C26H17NO7. The van der Waals surface area contributed by atoms with Crippen molar-refractivity contribution >= 4 is 27.6 Å². The highest BCUT2D eigenvalue weighted by Gasteiger charge is 2.17. The molecule has 0 unspecified atom stereocenters. The number of hydrogen-bond donors (Lipinski definition) is 0. The van der Waals surface area contributed by atoms with Gasteiger partial charge in [-0.1, -0.05) is 18.2 Å². The summed E-state index contributed by atoms with van der Waals surface area (Å²) in [7, 11) is 0. The first-order chi connectivity index (χ1) is 16.4. The van der Waals surface area contributed by atoms with Gasteiger partial charge in [0.05, 0.1) is 10.5 Å². The normalized spacial score (nSPS) is 11.1. The Morgan fingerprint density at radius 3 is 2.44 bits per heavy atom. The van der Waals surface area contributed by atoms with E-state index in [9.17, 15) is 19.7 Å². The Hall–Kier alpha value is -4.72. The maximum atomic E-state index is 12.7. The molecule has 5 aromatic rings. The van der Waals surface area contributed by atoms with Crippen LogP contribution in [0.2, 0.25) is 0 Å². The fourth-order valence-corrected chi connectivity index (χ4v) is 3.85. The summed E-state index contributed by atoms with van der Waals surface area (Å²) in [6.45, 7) is 1.92. The van der Waals surface area contributed by atoms with Crippen LogP contribution in [0.15, 0.2) is 91.2 Å². The van der Waals surface area contributed by atoms with E-state index in [1.807, 2.05) is 12.1 Å². The van der Waals surface area contributed by atoms with Crippen LogP contribution in [0.1, 0.15) is 11.1 Å². The maximum absolute atomic E-state index is 12.7. The van der Waals surface area contributed by atoms with Gasteiger partial charge in [0.1, 0.15) is 23.5 Å². The molecule has 2 heterocycles. The predicted octanol–water partition coefficient (Wildman–Crippen LogP) is 5.36. The molecule has 8 heteroatoms. The van der Waals surface area contributed by atoms with Crippen LogP contribution in [0, 0.1) is 17.0 Å². The molecule has 5 rings (SSSR count). The van der Waals surface area contributed by atoms with Crippen molar-refractivity contribution in [1.82, 2.24) is 0 Å². The first-order valence-electron chi connectivity index (χ1n) is 10.4. The third kappa shape index (κ3) is 3.81. The Bertz CT molecular complexity index is 1680. The maximum Gasteiger partial charge on any atom is 0.344 e. The number of benzene rings is 3. The molecule has 34 heavy (non-hydrogen) atoms. The molecular weight excluding hydrogens is 438 g/mol. The molecule has 8 nitrogen and oxygen atoms in total. The van der Waals surface area contributed by atoms with E-state index in [-0.39, 0.29) is 17.9 Å². The second-order valence-electron chi connectivity index (χ2n) is 7.74. The van der Waals surface area contributed by atoms with Crippen LogP contribution >= 0.6 is 0 Å². The Morgan fingerprint density at radius 2 is 1.68 bits per heavy atom. The van der Waals surface area contributed by atoms with Gasteiger partial charge in [-0.05, 0) is 48.9 Å². The second kappa shape index (κ2) is 8.32. The quantitative estimate of drug-likeness (QED) is 0.199. The molecule has 0 spiro atoms. The molecule has 0 bridgehead atoms. The number of para-hydroxylation sites is 1. The standard InChI is InChI=1S/C26H17NO7/c1-15-22(32-14-16-6-8-18(9-7-16)27(30)31)11-10-19-20(13-24(28)34-25(15)19)21-12-17-4-2-3-5-23(17)33-26(21)29/h2-13H,14H2,1H3. The van der Waals surface area contributed by atoms with Gasteiger partial charge in [-0.3, -0.25) is 10.1 Å². The molecule has 3 aromatic carbocycles. The Labute approximate surface area is 191 Å². The summed E-state index contributed by atoms with van der Waals surface area (Å²) in [4.78, 5) is 35.4. The minimum absolute atomic E-state index is 0.00175. The van der Waals surface area contributed by atoms with Gasteiger partial charge in [0.25, 0.3) is 5.69 Å². The molecule has 0 aliphatic heterocycles. The Morgan fingerprint density at radius 1 is 0.912 bits per heavy atom. The number of hydrogen-bond acceptors (Lipinski definition) is 7. The second-order valence-corrected chi connectivity index (χ2v) is 7.74. The highest BCUT2D eigenvalue weighted by Crippen LogP contribution is 2.33. The van der Waals surface area contributed by atoms with E-state index in [4.69, 9.17) is 13.6 Å². The average Bonchev–Trinajstić information content (AvgIpc) is 2.83. The van der Waals surface area contributed by atoms with E-state index in [1.54, 1.807) is 49.4 Å². The molecule has 0 atom stereocenters. The zero-order chi connectivity index (χ0) is 23.8. The van der Waals surface area contributed by atoms with Crippen molar-refractivity contribution in [3.63, 3.8) is 0 Å². The number of nitrogens with zero attached hydrogens (tertiary/aromatic N) is 1. The lowest BCUT2D eigenvalue weighted by Gasteiger charge is -2.12. The van der Waals surface area contributed by atoms with E-state index in [1.165, 1.54) is 18.2 Å². The van der Waals surface area contributed by atoms with Crippen molar-refractivity contribution in [2.75, 3.05) is 0 Å². The summed E-state index contributed by atoms with van der Waals surface area (Å²) >= 11 is 0. The Kier molecular flexibility index (Phi) is 5.18. The predicted molar refractivity (Wildman–Crippen MR) is 126 cm³/mol. The summed E-state index contributed by atoms with van der Waals surface area (Å²) in [5.41, 5.74) is 1.60. The van der Waals surface area contributed by atoms with Gasteiger partial charge >= 0.3 is 11.3 Å². The molecule has 0 saturated carbocycles. The minimum Gasteiger partial charge on any atom is -0.488 e. The summed E-state index contributed by atoms with van der Waals surface area (Å²) in [6.07, 6.45) is 0. The van der Waals surface area contributed by atoms with Crippen molar-refractivity contribution in [3.8, 4) is 16.9 Å². The van der Waals surface area contributed by atoms with Crippen molar-refractivity contribution in [1.29, 1.82) is 0 Å². The first-order valence-corrected chi connectivity index (χ1v) is 10.4. The first kappa shape index (κ1) is 21.1. The lowest BCUT2D eigenvalue weighted by Crippen LogP contribution is -2.07. The van der Waals surface area contributed by atoms with E-state index >= 15 is 0 Å². The van der Waals surface area contributed by atoms with E-state index in [2.05, 4.69) is 0 Å². The summed E-state index contributed by atoms with van der Waals surface area (Å²) in [5, 5.41) is 12.1. The van der Waals surface area contributed by atoms with Crippen molar-refractivity contribution in [2.45, 2.75) is 13.5 Å². The lowest BCUT2D eigenvalue weighted by atomic mass is 10.0. The number of aryl methyl sites for hydroxylation is 1. The molecule has 0 aliphatic carbocycles. The van der Waals surface area contributed by atoms with Gasteiger partial charge in [-0.25, -0.2) is 9.59 Å². The fraction of sp³-hybridized carbons (Fsp3) is 0.0769. The molecule has 0 saturated heterocycles. The molecule has 0 amide bonds. The summed E-state index contributed by atoms with van der Waals surface area (Å²) in [5.74, 6) is 0.483. The highest BCUT2D eigenvalue weighted by molar-refractivity contribution is 5.96. The van der Waals surface area contributed by atoms with Crippen LogP contribution in [-0.4, -0.2) is 4.92 Å². The van der Waals surface area contributed by atoms with Crippen LogP contribution in [-0.2, 0) is 6.61 Å². The van der Waals surface area contributed by atoms with Crippen LogP contribution in [0.3, 0.4) is 0 Å². The fourth-order valence-electron chi connectivity index (χ4n) is 3.85. The third-order valence-electron chi connectivity index (χ3n) is 5.58. The third-order valence-corrected chi connectivity index (χ3v) is 5.58. The number of rotatable bonds is 5. The highest BCUT2D eigenvalue weighted by atomic mass is 16.6. The number of non-ortho nitro benzene ring substituents is 1. The average molecular weight is 455 g/mol. The SMILES string of the molecule is Cc1c(OCc2ccc([N+](=O)[O-])cc2)ccc2c(-c3cc4ccccc4oc3=O)cc(=O)oc12. The van der Waals surface area contributed by atoms with Gasteiger partial charge in [-0.15, -0.1) is 0 Å². The van der Waals surface area contributed by atoms with E-state index in [0.29, 0.717) is 33.4 Å². The van der Waals surface area contributed by atoms with Crippen molar-refractivity contribution in [2.24, 2.45) is 0 Å². The molecule has 0 N–H and O–H groups in total. The number of ether oxygens (including phenoxy) is 1. The van der Waals surface area contributed by atoms with Crippen LogP contribution in [0.4, 0.5) is 5.69 Å². The van der Waals surface area contributed by atoms with Gasteiger partial charge in [0.15, 0.2) is 0 Å². The Balaban J connectivity index is 1.55.